The standard InChI is InChI=1S/C28H26ClN3O3S/c29-23-8-4-5-9-24(23)36-26-27(33)30-32(28(26)34)25(18-6-2-1-3-7-18)19-10-12-20(13-11-19)31-21-14-15-22(31)17-35-16-21/h1-13,21-22,25-26H,14-17H2,(H,30,33). The Kier molecular flexibility index (Phi) is 6.37. The average Bonchev–Trinajstić information content (AvgIpc) is 3.32. The van der Waals surface area contributed by atoms with Gasteiger partial charge in [-0.3, -0.25) is 15.0 Å². The normalized spacial score (nSPS) is 24.2. The fraction of sp³-hybridized carbons (Fsp3) is 0.286. The van der Waals surface area contributed by atoms with Crippen molar-refractivity contribution in [2.75, 3.05) is 18.1 Å². The molecule has 6 nitrogen and oxygen atoms in total. The van der Waals surface area contributed by atoms with Crippen LogP contribution in [0.15, 0.2) is 83.8 Å². The van der Waals surface area contributed by atoms with Gasteiger partial charge in [0, 0.05) is 10.6 Å². The van der Waals surface area contributed by atoms with Gasteiger partial charge in [-0.2, -0.15) is 0 Å². The van der Waals surface area contributed by atoms with Crippen molar-refractivity contribution in [2.24, 2.45) is 0 Å². The van der Waals surface area contributed by atoms with Crippen LogP contribution in [0.2, 0.25) is 5.02 Å². The highest BCUT2D eigenvalue weighted by atomic mass is 35.5. The molecule has 0 spiro atoms. The molecule has 184 valence electrons. The van der Waals surface area contributed by atoms with E-state index >= 15 is 0 Å². The first-order valence-electron chi connectivity index (χ1n) is 12.2. The lowest BCUT2D eigenvalue weighted by Crippen LogP contribution is -2.46. The van der Waals surface area contributed by atoms with Crippen LogP contribution in [0, 0.1) is 0 Å². The summed E-state index contributed by atoms with van der Waals surface area (Å²) >= 11 is 7.48. The first-order chi connectivity index (χ1) is 17.6. The molecule has 36 heavy (non-hydrogen) atoms. The summed E-state index contributed by atoms with van der Waals surface area (Å²) < 4.78 is 5.74. The van der Waals surface area contributed by atoms with Crippen molar-refractivity contribution in [3.63, 3.8) is 0 Å². The first-order valence-corrected chi connectivity index (χ1v) is 13.4. The zero-order valence-corrected chi connectivity index (χ0v) is 21.1. The number of hydrogen-bond acceptors (Lipinski definition) is 5. The Morgan fingerprint density at radius 3 is 2.19 bits per heavy atom. The maximum atomic E-state index is 13.6. The summed E-state index contributed by atoms with van der Waals surface area (Å²) in [6.45, 7) is 1.54. The first kappa shape index (κ1) is 23.4. The minimum Gasteiger partial charge on any atom is -0.377 e. The molecule has 0 saturated carbocycles. The Labute approximate surface area is 219 Å². The molecular formula is C28H26ClN3O3S. The van der Waals surface area contributed by atoms with Gasteiger partial charge < -0.3 is 9.64 Å². The highest BCUT2D eigenvalue weighted by Gasteiger charge is 2.44. The van der Waals surface area contributed by atoms with Gasteiger partial charge in [-0.25, -0.2) is 5.01 Å². The van der Waals surface area contributed by atoms with Crippen LogP contribution in [-0.4, -0.2) is 47.4 Å². The molecule has 3 aromatic carbocycles. The van der Waals surface area contributed by atoms with Crippen molar-refractivity contribution in [1.82, 2.24) is 10.4 Å². The van der Waals surface area contributed by atoms with E-state index in [4.69, 9.17) is 16.3 Å². The van der Waals surface area contributed by atoms with E-state index in [1.807, 2.05) is 48.5 Å². The predicted molar refractivity (Wildman–Crippen MR) is 141 cm³/mol. The van der Waals surface area contributed by atoms with Gasteiger partial charge in [0.05, 0.1) is 30.3 Å². The van der Waals surface area contributed by atoms with Crippen LogP contribution < -0.4 is 10.3 Å². The second-order valence-electron chi connectivity index (χ2n) is 9.35. The summed E-state index contributed by atoms with van der Waals surface area (Å²) in [7, 11) is 0. The molecule has 1 N–H and O–H groups in total. The van der Waals surface area contributed by atoms with E-state index in [-0.39, 0.29) is 11.8 Å². The molecule has 3 aliphatic heterocycles. The van der Waals surface area contributed by atoms with Crippen LogP contribution in [0.3, 0.4) is 0 Å². The molecule has 0 radical (unpaired) electrons. The minimum absolute atomic E-state index is 0.283. The number of amides is 2. The van der Waals surface area contributed by atoms with Crippen LogP contribution in [0.1, 0.15) is 30.0 Å². The maximum absolute atomic E-state index is 13.6. The highest BCUT2D eigenvalue weighted by molar-refractivity contribution is 8.01. The van der Waals surface area contributed by atoms with Gasteiger partial charge in [-0.1, -0.05) is 66.2 Å². The SMILES string of the molecule is O=C1NN(C(c2ccccc2)c2ccc(N3C4CCC3COC4)cc2)C(=O)C1Sc1ccccc1Cl. The molecule has 3 saturated heterocycles. The van der Waals surface area contributed by atoms with Crippen molar-refractivity contribution in [3.8, 4) is 0 Å². The molecule has 6 rings (SSSR count). The van der Waals surface area contributed by atoms with Crippen molar-refractivity contribution < 1.29 is 14.3 Å². The number of rotatable bonds is 6. The van der Waals surface area contributed by atoms with E-state index in [1.165, 1.54) is 22.5 Å². The lowest BCUT2D eigenvalue weighted by molar-refractivity contribution is -0.131. The van der Waals surface area contributed by atoms with E-state index in [0.717, 1.165) is 37.2 Å². The number of nitrogens with zero attached hydrogens (tertiary/aromatic N) is 2. The number of halogens is 1. The predicted octanol–water partition coefficient (Wildman–Crippen LogP) is 4.83. The van der Waals surface area contributed by atoms with Crippen LogP contribution in [0.5, 0.6) is 0 Å². The van der Waals surface area contributed by atoms with Crippen LogP contribution in [0.25, 0.3) is 0 Å². The average molecular weight is 520 g/mol. The van der Waals surface area contributed by atoms with E-state index in [9.17, 15) is 9.59 Å². The monoisotopic (exact) mass is 519 g/mol. The molecular weight excluding hydrogens is 494 g/mol. The van der Waals surface area contributed by atoms with Gasteiger partial charge in [-0.15, -0.1) is 11.8 Å². The summed E-state index contributed by atoms with van der Waals surface area (Å²) in [6.07, 6.45) is 2.30. The molecule has 2 amide bonds. The summed E-state index contributed by atoms with van der Waals surface area (Å²) in [5.74, 6) is -0.624. The number of nitrogens with one attached hydrogen (secondary N) is 1. The van der Waals surface area contributed by atoms with Gasteiger partial charge in [0.25, 0.3) is 11.8 Å². The van der Waals surface area contributed by atoms with Crippen LogP contribution in [0.4, 0.5) is 5.69 Å². The summed E-state index contributed by atoms with van der Waals surface area (Å²) in [4.78, 5) is 29.7. The van der Waals surface area contributed by atoms with Gasteiger partial charge in [-0.05, 0) is 48.2 Å². The topological polar surface area (TPSA) is 61.9 Å². The number of carbonyl (C=O) groups is 2. The molecule has 3 heterocycles. The zero-order chi connectivity index (χ0) is 24.6. The van der Waals surface area contributed by atoms with Crippen LogP contribution >= 0.6 is 23.4 Å². The second kappa shape index (κ2) is 9.81. The number of ether oxygens (including phenoxy) is 1. The number of hydrogen-bond donors (Lipinski definition) is 1. The third kappa shape index (κ3) is 4.25. The molecule has 4 unspecified atom stereocenters. The molecule has 2 bridgehead atoms. The number of fused-ring (bicyclic) bond motifs is 2. The fourth-order valence-corrected chi connectivity index (χ4v) is 6.67. The Bertz CT molecular complexity index is 1260. The Balaban J connectivity index is 1.30. The number of anilines is 1. The number of carbonyl (C=O) groups excluding carboxylic acids is 2. The largest absolute Gasteiger partial charge is 0.377 e. The zero-order valence-electron chi connectivity index (χ0n) is 19.5. The summed E-state index contributed by atoms with van der Waals surface area (Å²) in [5.41, 5.74) is 5.88. The van der Waals surface area contributed by atoms with E-state index in [2.05, 4.69) is 34.6 Å². The third-order valence-electron chi connectivity index (χ3n) is 7.13. The van der Waals surface area contributed by atoms with Gasteiger partial charge in [0.15, 0.2) is 5.25 Å². The van der Waals surface area contributed by atoms with Crippen molar-refractivity contribution in [3.05, 3.63) is 95.0 Å². The van der Waals surface area contributed by atoms with Crippen molar-refractivity contribution in [1.29, 1.82) is 0 Å². The van der Waals surface area contributed by atoms with Crippen LogP contribution in [-0.2, 0) is 14.3 Å². The molecule has 3 aromatic rings. The highest BCUT2D eigenvalue weighted by Crippen LogP contribution is 2.38. The van der Waals surface area contributed by atoms with Crippen molar-refractivity contribution in [2.45, 2.75) is 41.1 Å². The third-order valence-corrected chi connectivity index (χ3v) is 8.84. The maximum Gasteiger partial charge on any atom is 0.265 e. The number of hydrazine groups is 1. The van der Waals surface area contributed by atoms with E-state index < -0.39 is 11.3 Å². The smallest absolute Gasteiger partial charge is 0.265 e. The lowest BCUT2D eigenvalue weighted by Gasteiger charge is -2.37. The lowest BCUT2D eigenvalue weighted by atomic mass is 9.97. The summed E-state index contributed by atoms with van der Waals surface area (Å²) in [5, 5.41) is 1.09. The fourth-order valence-electron chi connectivity index (χ4n) is 5.44. The number of benzene rings is 3. The minimum atomic E-state index is -0.903. The Morgan fingerprint density at radius 2 is 1.50 bits per heavy atom. The second-order valence-corrected chi connectivity index (χ2v) is 10.9. The van der Waals surface area contributed by atoms with E-state index in [1.54, 1.807) is 6.07 Å². The van der Waals surface area contributed by atoms with Gasteiger partial charge in [0.2, 0.25) is 0 Å². The molecule has 4 atom stereocenters. The number of thioether (sulfide) groups is 1. The molecule has 3 fully saturated rings. The quantitative estimate of drug-likeness (QED) is 0.473. The van der Waals surface area contributed by atoms with E-state index in [0.29, 0.717) is 22.0 Å². The Hall–Kier alpha value is -3.00. The Morgan fingerprint density at radius 1 is 0.861 bits per heavy atom. The molecule has 0 aromatic heterocycles. The van der Waals surface area contributed by atoms with Gasteiger partial charge in [0.1, 0.15) is 6.04 Å². The number of morpholine rings is 1. The summed E-state index contributed by atoms with van der Waals surface area (Å²) in [6, 6.07) is 25.8. The van der Waals surface area contributed by atoms with Gasteiger partial charge >= 0.3 is 0 Å². The van der Waals surface area contributed by atoms with Crippen molar-refractivity contribution >= 4 is 40.9 Å². The molecule has 0 aliphatic carbocycles. The molecule has 3 aliphatic rings. The molecule has 8 heteroatoms.